The first-order valence-electron chi connectivity index (χ1n) is 7.36. The molecule has 0 radical (unpaired) electrons. The van der Waals surface area contributed by atoms with Crippen LogP contribution in [-0.2, 0) is 11.2 Å². The molecule has 1 atom stereocenters. The molecule has 2 rings (SSSR count). The van der Waals surface area contributed by atoms with Crippen LogP contribution in [0.4, 0.5) is 0 Å². The van der Waals surface area contributed by atoms with Crippen molar-refractivity contribution in [3.05, 3.63) is 35.9 Å². The van der Waals surface area contributed by atoms with Gasteiger partial charge in [0.2, 0.25) is 5.91 Å². The van der Waals surface area contributed by atoms with E-state index in [1.54, 1.807) is 0 Å². The summed E-state index contributed by atoms with van der Waals surface area (Å²) in [5.74, 6) is 0.0641. The number of benzene rings is 1. The van der Waals surface area contributed by atoms with Gasteiger partial charge in [0.1, 0.15) is 5.92 Å². The average molecular weight is 270 g/mol. The fourth-order valence-electron chi connectivity index (χ4n) is 2.37. The van der Waals surface area contributed by atoms with E-state index >= 15 is 0 Å². The molecule has 20 heavy (non-hydrogen) atoms. The Kier molecular flexibility index (Phi) is 4.79. The minimum atomic E-state index is -0.571. The van der Waals surface area contributed by atoms with Crippen LogP contribution in [-0.4, -0.2) is 23.4 Å². The molecular weight excluding hydrogens is 248 g/mol. The van der Waals surface area contributed by atoms with E-state index in [1.807, 2.05) is 49.1 Å². The minimum absolute atomic E-state index is 0.0155. The number of hydrogen-bond donors (Lipinski definition) is 0. The Bertz CT molecular complexity index is 485. The maximum Gasteiger partial charge on any atom is 0.240 e. The summed E-state index contributed by atoms with van der Waals surface area (Å²) in [6.07, 6.45) is 2.93. The smallest absolute Gasteiger partial charge is 0.240 e. The molecular formula is C17H22N2O. The molecule has 0 bridgehead atoms. The molecule has 0 N–H and O–H groups in total. The lowest BCUT2D eigenvalue weighted by Crippen LogP contribution is -2.42. The fourth-order valence-corrected chi connectivity index (χ4v) is 2.37. The highest BCUT2D eigenvalue weighted by Gasteiger charge is 2.31. The lowest BCUT2D eigenvalue weighted by Gasteiger charge is -2.28. The Morgan fingerprint density at radius 2 is 2.00 bits per heavy atom. The van der Waals surface area contributed by atoms with Gasteiger partial charge in [-0.15, -0.1) is 0 Å². The van der Waals surface area contributed by atoms with Crippen LogP contribution in [0.1, 0.15) is 32.3 Å². The predicted octanol–water partition coefficient (Wildman–Crippen LogP) is 3.02. The van der Waals surface area contributed by atoms with Crippen LogP contribution >= 0.6 is 0 Å². The normalized spacial score (nSPS) is 15.7. The van der Waals surface area contributed by atoms with Gasteiger partial charge >= 0.3 is 0 Å². The van der Waals surface area contributed by atoms with E-state index in [1.165, 1.54) is 12.8 Å². The molecule has 1 aliphatic rings. The Balaban J connectivity index is 2.04. The van der Waals surface area contributed by atoms with Gasteiger partial charge in [-0.2, -0.15) is 5.26 Å². The van der Waals surface area contributed by atoms with Gasteiger partial charge in [0, 0.05) is 12.6 Å². The van der Waals surface area contributed by atoms with Crippen LogP contribution < -0.4 is 0 Å². The number of carbonyl (C=O) groups is 1. The highest BCUT2D eigenvalue weighted by atomic mass is 16.2. The Labute approximate surface area is 121 Å². The summed E-state index contributed by atoms with van der Waals surface area (Å²) in [7, 11) is 0. The molecule has 1 aromatic carbocycles. The maximum absolute atomic E-state index is 12.6. The van der Waals surface area contributed by atoms with Crippen molar-refractivity contribution in [2.45, 2.75) is 39.2 Å². The Morgan fingerprint density at radius 1 is 1.35 bits per heavy atom. The maximum atomic E-state index is 12.6. The van der Waals surface area contributed by atoms with Gasteiger partial charge in [-0.25, -0.2) is 0 Å². The average Bonchev–Trinajstić information content (AvgIpc) is 3.26. The molecule has 0 spiro atoms. The van der Waals surface area contributed by atoms with Gasteiger partial charge in [0.25, 0.3) is 0 Å². The van der Waals surface area contributed by atoms with Crippen LogP contribution in [0.3, 0.4) is 0 Å². The second kappa shape index (κ2) is 6.56. The monoisotopic (exact) mass is 270 g/mol. The van der Waals surface area contributed by atoms with E-state index in [4.69, 9.17) is 0 Å². The molecule has 1 amide bonds. The topological polar surface area (TPSA) is 44.1 Å². The number of hydrogen-bond acceptors (Lipinski definition) is 2. The summed E-state index contributed by atoms with van der Waals surface area (Å²) in [6.45, 7) is 4.86. The van der Waals surface area contributed by atoms with Crippen LogP contribution in [0.5, 0.6) is 0 Å². The number of rotatable bonds is 6. The third-order valence-electron chi connectivity index (χ3n) is 3.79. The summed E-state index contributed by atoms with van der Waals surface area (Å²) in [4.78, 5) is 14.5. The van der Waals surface area contributed by atoms with E-state index in [-0.39, 0.29) is 11.9 Å². The molecule has 106 valence electrons. The van der Waals surface area contributed by atoms with Gasteiger partial charge in [-0.1, -0.05) is 30.3 Å². The Morgan fingerprint density at radius 3 is 2.50 bits per heavy atom. The Hall–Kier alpha value is -1.82. The predicted molar refractivity (Wildman–Crippen MR) is 78.8 cm³/mol. The van der Waals surface area contributed by atoms with Crippen molar-refractivity contribution >= 4 is 5.91 Å². The van der Waals surface area contributed by atoms with Crippen molar-refractivity contribution in [2.24, 2.45) is 11.8 Å². The standard InChI is InChI=1S/C17H22N2O/c1-13(2)19(12-15-8-9-15)17(20)16(11-18)10-14-6-4-3-5-7-14/h3-7,13,15-16H,8-10,12H2,1-2H3. The number of carbonyl (C=O) groups excluding carboxylic acids is 1. The molecule has 1 unspecified atom stereocenters. The highest BCUT2D eigenvalue weighted by Crippen LogP contribution is 2.31. The highest BCUT2D eigenvalue weighted by molar-refractivity contribution is 5.81. The second-order valence-electron chi connectivity index (χ2n) is 5.90. The van der Waals surface area contributed by atoms with E-state index in [0.717, 1.165) is 12.1 Å². The van der Waals surface area contributed by atoms with E-state index < -0.39 is 5.92 Å². The molecule has 1 aromatic rings. The lowest BCUT2D eigenvalue weighted by atomic mass is 9.98. The third-order valence-corrected chi connectivity index (χ3v) is 3.79. The van der Waals surface area contributed by atoms with Crippen molar-refractivity contribution in [1.29, 1.82) is 5.26 Å². The molecule has 1 fully saturated rings. The van der Waals surface area contributed by atoms with Crippen LogP contribution in [0.25, 0.3) is 0 Å². The molecule has 0 aliphatic heterocycles. The van der Waals surface area contributed by atoms with Crippen molar-refractivity contribution in [3.63, 3.8) is 0 Å². The molecule has 3 heteroatoms. The van der Waals surface area contributed by atoms with Crippen LogP contribution in [0, 0.1) is 23.2 Å². The summed E-state index contributed by atoms with van der Waals surface area (Å²) >= 11 is 0. The van der Waals surface area contributed by atoms with Gasteiger partial charge in [0.15, 0.2) is 0 Å². The zero-order chi connectivity index (χ0) is 14.5. The molecule has 0 heterocycles. The van der Waals surface area contributed by atoms with Gasteiger partial charge in [-0.3, -0.25) is 4.79 Å². The van der Waals surface area contributed by atoms with Gasteiger partial charge < -0.3 is 4.90 Å². The largest absolute Gasteiger partial charge is 0.339 e. The molecule has 1 aliphatic carbocycles. The zero-order valence-corrected chi connectivity index (χ0v) is 12.2. The summed E-state index contributed by atoms with van der Waals surface area (Å²) in [6, 6.07) is 12.1. The molecule has 1 saturated carbocycles. The van der Waals surface area contributed by atoms with E-state index in [0.29, 0.717) is 12.3 Å². The van der Waals surface area contributed by atoms with Crippen molar-refractivity contribution in [3.8, 4) is 6.07 Å². The van der Waals surface area contributed by atoms with Crippen molar-refractivity contribution < 1.29 is 4.79 Å². The zero-order valence-electron chi connectivity index (χ0n) is 12.2. The quantitative estimate of drug-likeness (QED) is 0.797. The van der Waals surface area contributed by atoms with Crippen LogP contribution in [0.15, 0.2) is 30.3 Å². The first-order valence-corrected chi connectivity index (χ1v) is 7.36. The number of amides is 1. The molecule has 3 nitrogen and oxygen atoms in total. The van der Waals surface area contributed by atoms with Crippen molar-refractivity contribution in [2.75, 3.05) is 6.54 Å². The minimum Gasteiger partial charge on any atom is -0.339 e. The SMILES string of the molecule is CC(C)N(CC1CC1)C(=O)C(C#N)Cc1ccccc1. The number of nitriles is 1. The van der Waals surface area contributed by atoms with Gasteiger partial charge in [0.05, 0.1) is 6.07 Å². The van der Waals surface area contributed by atoms with Crippen molar-refractivity contribution in [1.82, 2.24) is 4.90 Å². The van der Waals surface area contributed by atoms with Crippen LogP contribution in [0.2, 0.25) is 0 Å². The molecule has 0 aromatic heterocycles. The number of nitrogens with zero attached hydrogens (tertiary/aromatic N) is 2. The van der Waals surface area contributed by atoms with E-state index in [2.05, 4.69) is 6.07 Å². The fraction of sp³-hybridized carbons (Fsp3) is 0.529. The summed E-state index contributed by atoms with van der Waals surface area (Å²) < 4.78 is 0. The summed E-state index contributed by atoms with van der Waals surface area (Å²) in [5.41, 5.74) is 1.04. The third kappa shape index (κ3) is 3.84. The van der Waals surface area contributed by atoms with Gasteiger partial charge in [-0.05, 0) is 44.6 Å². The second-order valence-corrected chi connectivity index (χ2v) is 5.90. The summed E-state index contributed by atoms with van der Waals surface area (Å²) in [5, 5.41) is 9.34. The first kappa shape index (κ1) is 14.6. The molecule has 0 saturated heterocycles. The van der Waals surface area contributed by atoms with E-state index in [9.17, 15) is 10.1 Å². The first-order chi connectivity index (χ1) is 9.61. The lowest BCUT2D eigenvalue weighted by molar-refractivity contribution is -0.135.